The highest BCUT2D eigenvalue weighted by Crippen LogP contribution is 2.33. The van der Waals surface area contributed by atoms with Gasteiger partial charge >= 0.3 is 5.97 Å². The third-order valence-electron chi connectivity index (χ3n) is 4.61. The largest absolute Gasteiger partial charge is 0.480 e. The maximum Gasteiger partial charge on any atom is 0.323 e. The van der Waals surface area contributed by atoms with E-state index < -0.39 is 11.5 Å². The minimum Gasteiger partial charge on any atom is -0.480 e. The summed E-state index contributed by atoms with van der Waals surface area (Å²) < 4.78 is 0. The highest BCUT2D eigenvalue weighted by molar-refractivity contribution is 5.79. The molecular formula is C14H25NO2. The lowest BCUT2D eigenvalue weighted by Crippen LogP contribution is -2.55. The summed E-state index contributed by atoms with van der Waals surface area (Å²) >= 11 is 0. The quantitative estimate of drug-likeness (QED) is 0.793. The molecule has 0 saturated heterocycles. The number of rotatable bonds is 4. The van der Waals surface area contributed by atoms with Crippen LogP contribution in [0.2, 0.25) is 0 Å². The highest BCUT2D eigenvalue weighted by Gasteiger charge is 2.41. The molecule has 2 rings (SSSR count). The average molecular weight is 239 g/mol. The molecular weight excluding hydrogens is 214 g/mol. The third kappa shape index (κ3) is 3.01. The van der Waals surface area contributed by atoms with E-state index >= 15 is 0 Å². The maximum absolute atomic E-state index is 11.6. The van der Waals surface area contributed by atoms with Crippen LogP contribution in [0.25, 0.3) is 0 Å². The molecule has 2 saturated carbocycles. The van der Waals surface area contributed by atoms with Crippen molar-refractivity contribution in [2.45, 2.75) is 63.8 Å². The topological polar surface area (TPSA) is 49.3 Å². The van der Waals surface area contributed by atoms with Crippen LogP contribution in [-0.2, 0) is 4.79 Å². The summed E-state index contributed by atoms with van der Waals surface area (Å²) in [5, 5.41) is 12.9. The molecule has 0 radical (unpaired) electrons. The number of carboxylic acids is 1. The molecule has 2 aliphatic rings. The molecule has 2 aliphatic carbocycles. The van der Waals surface area contributed by atoms with Crippen LogP contribution in [-0.4, -0.2) is 23.2 Å². The van der Waals surface area contributed by atoms with Crippen LogP contribution < -0.4 is 5.32 Å². The first-order chi connectivity index (χ1) is 8.12. The number of carbonyl (C=O) groups is 1. The SMILES string of the molecule is CC1CCCC(NCC2CCCC2)(C(=O)O)C1. The summed E-state index contributed by atoms with van der Waals surface area (Å²) in [5.74, 6) is 0.612. The predicted octanol–water partition coefficient (Wildman–Crippen LogP) is 2.80. The lowest BCUT2D eigenvalue weighted by atomic mass is 9.76. The van der Waals surface area contributed by atoms with Crippen molar-refractivity contribution in [1.29, 1.82) is 0 Å². The van der Waals surface area contributed by atoms with Crippen molar-refractivity contribution in [3.8, 4) is 0 Å². The van der Waals surface area contributed by atoms with Gasteiger partial charge in [-0.1, -0.05) is 32.6 Å². The van der Waals surface area contributed by atoms with Gasteiger partial charge in [0.05, 0.1) is 0 Å². The van der Waals surface area contributed by atoms with Crippen molar-refractivity contribution in [3.63, 3.8) is 0 Å². The van der Waals surface area contributed by atoms with Gasteiger partial charge < -0.3 is 10.4 Å². The summed E-state index contributed by atoms with van der Waals surface area (Å²) in [6, 6.07) is 0. The summed E-state index contributed by atoms with van der Waals surface area (Å²) in [7, 11) is 0. The van der Waals surface area contributed by atoms with Crippen molar-refractivity contribution in [3.05, 3.63) is 0 Å². The zero-order chi connectivity index (χ0) is 12.3. The molecule has 0 bridgehead atoms. The monoisotopic (exact) mass is 239 g/mol. The normalized spacial score (nSPS) is 35.0. The van der Waals surface area contributed by atoms with Gasteiger partial charge in [0.25, 0.3) is 0 Å². The van der Waals surface area contributed by atoms with Gasteiger partial charge in [-0.2, -0.15) is 0 Å². The first-order valence-corrected chi connectivity index (χ1v) is 7.11. The second kappa shape index (κ2) is 5.38. The Morgan fingerprint density at radius 2 is 2.00 bits per heavy atom. The van der Waals surface area contributed by atoms with Crippen molar-refractivity contribution < 1.29 is 9.90 Å². The molecule has 2 fully saturated rings. The Hall–Kier alpha value is -0.570. The molecule has 0 heterocycles. The molecule has 17 heavy (non-hydrogen) atoms. The molecule has 2 unspecified atom stereocenters. The Morgan fingerprint density at radius 1 is 1.29 bits per heavy atom. The second-order valence-electron chi connectivity index (χ2n) is 6.12. The number of carboxylic acid groups (broad SMARTS) is 1. The summed E-state index contributed by atoms with van der Waals surface area (Å²) in [6.07, 6.45) is 9.03. The van der Waals surface area contributed by atoms with Crippen molar-refractivity contribution in [2.24, 2.45) is 11.8 Å². The molecule has 0 aromatic heterocycles. The Labute approximate surface area is 104 Å². The van der Waals surface area contributed by atoms with Crippen LogP contribution in [0.5, 0.6) is 0 Å². The van der Waals surface area contributed by atoms with Crippen LogP contribution in [0.15, 0.2) is 0 Å². The first-order valence-electron chi connectivity index (χ1n) is 7.11. The van der Waals surface area contributed by atoms with Gasteiger partial charge in [-0.25, -0.2) is 0 Å². The lowest BCUT2D eigenvalue weighted by molar-refractivity contribution is -0.147. The van der Waals surface area contributed by atoms with E-state index in [0.29, 0.717) is 11.8 Å². The van der Waals surface area contributed by atoms with E-state index in [1.807, 2.05) is 0 Å². The number of hydrogen-bond donors (Lipinski definition) is 2. The van der Waals surface area contributed by atoms with E-state index in [0.717, 1.165) is 25.8 Å². The molecule has 0 aromatic rings. The molecule has 0 aliphatic heterocycles. The smallest absolute Gasteiger partial charge is 0.323 e. The minimum absolute atomic E-state index is 0.538. The van der Waals surface area contributed by atoms with E-state index in [9.17, 15) is 9.90 Å². The summed E-state index contributed by atoms with van der Waals surface area (Å²) in [5.41, 5.74) is -0.625. The Kier molecular flexibility index (Phi) is 4.08. The Bertz CT molecular complexity index is 273. The highest BCUT2D eigenvalue weighted by atomic mass is 16.4. The van der Waals surface area contributed by atoms with Gasteiger partial charge in [0.1, 0.15) is 5.54 Å². The van der Waals surface area contributed by atoms with Crippen LogP contribution in [0.1, 0.15) is 58.3 Å². The number of aliphatic carboxylic acids is 1. The zero-order valence-corrected chi connectivity index (χ0v) is 10.9. The van der Waals surface area contributed by atoms with Crippen LogP contribution in [0.3, 0.4) is 0 Å². The van der Waals surface area contributed by atoms with E-state index in [4.69, 9.17) is 0 Å². The van der Waals surface area contributed by atoms with Gasteiger partial charge in [-0.05, 0) is 44.1 Å². The number of nitrogens with one attached hydrogen (secondary N) is 1. The van der Waals surface area contributed by atoms with E-state index in [2.05, 4.69) is 12.2 Å². The van der Waals surface area contributed by atoms with E-state index in [1.165, 1.54) is 32.1 Å². The third-order valence-corrected chi connectivity index (χ3v) is 4.61. The Morgan fingerprint density at radius 3 is 2.59 bits per heavy atom. The molecule has 0 spiro atoms. The fourth-order valence-electron chi connectivity index (χ4n) is 3.54. The predicted molar refractivity (Wildman–Crippen MR) is 68.0 cm³/mol. The molecule has 98 valence electrons. The number of hydrogen-bond acceptors (Lipinski definition) is 2. The molecule has 0 aromatic carbocycles. The maximum atomic E-state index is 11.6. The van der Waals surface area contributed by atoms with Gasteiger partial charge in [-0.15, -0.1) is 0 Å². The van der Waals surface area contributed by atoms with Gasteiger partial charge in [0.2, 0.25) is 0 Å². The van der Waals surface area contributed by atoms with Gasteiger partial charge in [0.15, 0.2) is 0 Å². The zero-order valence-electron chi connectivity index (χ0n) is 10.9. The minimum atomic E-state index is -0.637. The van der Waals surface area contributed by atoms with Crippen LogP contribution in [0, 0.1) is 11.8 Å². The standard InChI is InChI=1S/C14H25NO2/c1-11-5-4-8-14(9-11,13(16)17)15-10-12-6-2-3-7-12/h11-12,15H,2-10H2,1H3,(H,16,17). The lowest BCUT2D eigenvalue weighted by Gasteiger charge is -2.38. The average Bonchev–Trinajstić information content (AvgIpc) is 2.79. The van der Waals surface area contributed by atoms with Crippen LogP contribution >= 0.6 is 0 Å². The van der Waals surface area contributed by atoms with Gasteiger partial charge in [0, 0.05) is 0 Å². The molecule has 2 atom stereocenters. The fraction of sp³-hybridized carbons (Fsp3) is 0.929. The van der Waals surface area contributed by atoms with Crippen molar-refractivity contribution in [1.82, 2.24) is 5.32 Å². The summed E-state index contributed by atoms with van der Waals surface area (Å²) in [6.45, 7) is 3.08. The first kappa shape index (κ1) is 12.9. The molecule has 3 heteroatoms. The van der Waals surface area contributed by atoms with Crippen LogP contribution in [0.4, 0.5) is 0 Å². The molecule has 3 nitrogen and oxygen atoms in total. The summed E-state index contributed by atoms with van der Waals surface area (Å²) in [4.78, 5) is 11.6. The van der Waals surface area contributed by atoms with Crippen molar-refractivity contribution in [2.75, 3.05) is 6.54 Å². The van der Waals surface area contributed by atoms with E-state index in [1.54, 1.807) is 0 Å². The fourth-order valence-corrected chi connectivity index (χ4v) is 3.54. The molecule has 2 N–H and O–H groups in total. The second-order valence-corrected chi connectivity index (χ2v) is 6.12. The van der Waals surface area contributed by atoms with E-state index in [-0.39, 0.29) is 0 Å². The Balaban J connectivity index is 1.93. The molecule has 0 amide bonds. The van der Waals surface area contributed by atoms with Crippen molar-refractivity contribution >= 4 is 5.97 Å². The van der Waals surface area contributed by atoms with Gasteiger partial charge in [-0.3, -0.25) is 4.79 Å².